The molecule has 0 amide bonds. The molecule has 1 aromatic carbocycles. The van der Waals surface area contributed by atoms with E-state index in [1.54, 1.807) is 0 Å². The molecule has 4 heteroatoms. The fourth-order valence-corrected chi connectivity index (χ4v) is 3.09. The lowest BCUT2D eigenvalue weighted by Gasteiger charge is -2.23. The highest BCUT2D eigenvalue weighted by atomic mass is 16.3. The summed E-state index contributed by atoms with van der Waals surface area (Å²) in [6.07, 6.45) is 3.43. The molecule has 0 bridgehead atoms. The van der Waals surface area contributed by atoms with Crippen LogP contribution >= 0.6 is 0 Å². The van der Waals surface area contributed by atoms with E-state index in [0.29, 0.717) is 6.04 Å². The Morgan fingerprint density at radius 2 is 2.30 bits per heavy atom. The van der Waals surface area contributed by atoms with E-state index in [2.05, 4.69) is 39.5 Å². The second-order valence-electron chi connectivity index (χ2n) is 5.66. The van der Waals surface area contributed by atoms with Crippen LogP contribution in [-0.2, 0) is 6.54 Å². The molecule has 1 atom stereocenters. The summed E-state index contributed by atoms with van der Waals surface area (Å²) in [6.45, 7) is 4.22. The Hall–Kier alpha value is -1.39. The minimum Gasteiger partial charge on any atom is -0.395 e. The molecule has 3 rings (SSSR count). The number of likely N-dealkylation sites (tertiary alicyclic amines) is 1. The number of nitrogens with one attached hydrogen (secondary N) is 1. The van der Waals surface area contributed by atoms with Gasteiger partial charge in [0.15, 0.2) is 0 Å². The van der Waals surface area contributed by atoms with Crippen LogP contribution in [0.15, 0.2) is 29.3 Å². The first-order chi connectivity index (χ1) is 9.86. The maximum Gasteiger partial charge on any atom is 0.128 e. The third-order valence-corrected chi connectivity index (χ3v) is 4.19. The molecule has 2 N–H and O–H groups in total. The number of rotatable bonds is 4. The third kappa shape index (κ3) is 3.02. The van der Waals surface area contributed by atoms with E-state index in [1.165, 1.54) is 17.5 Å². The van der Waals surface area contributed by atoms with Gasteiger partial charge < -0.3 is 10.4 Å². The monoisotopic (exact) mass is 273 g/mol. The zero-order chi connectivity index (χ0) is 13.8. The highest BCUT2D eigenvalue weighted by Gasteiger charge is 2.23. The standard InChI is InChI=1S/C16H23N3O/c20-12-15-6-2-9-19(15)11-13-4-1-5-14(10-13)16-17-7-3-8-18-16/h1,4-5,10,15,20H,2-3,6-9,11-12H2,(H,17,18). The Balaban J connectivity index is 1.72. The molecule has 0 aliphatic carbocycles. The number of aliphatic hydroxyl groups is 1. The van der Waals surface area contributed by atoms with Crippen molar-refractivity contribution >= 4 is 5.84 Å². The van der Waals surface area contributed by atoms with Crippen molar-refractivity contribution in [3.05, 3.63) is 35.4 Å². The Kier molecular flexibility index (Phi) is 4.33. The van der Waals surface area contributed by atoms with Crippen molar-refractivity contribution in [1.29, 1.82) is 0 Å². The molecule has 0 spiro atoms. The van der Waals surface area contributed by atoms with Gasteiger partial charge in [0.2, 0.25) is 0 Å². The minimum absolute atomic E-state index is 0.272. The van der Waals surface area contributed by atoms with E-state index in [9.17, 15) is 5.11 Å². The SMILES string of the molecule is OCC1CCCN1Cc1cccc(C2=NCCCN2)c1. The zero-order valence-electron chi connectivity index (χ0n) is 11.9. The Bertz CT molecular complexity index is 486. The predicted molar refractivity (Wildman–Crippen MR) is 81.0 cm³/mol. The van der Waals surface area contributed by atoms with Crippen molar-refractivity contribution in [2.24, 2.45) is 4.99 Å². The fraction of sp³-hybridized carbons (Fsp3) is 0.562. The maximum atomic E-state index is 9.40. The Labute approximate surface area is 120 Å². The molecule has 20 heavy (non-hydrogen) atoms. The zero-order valence-corrected chi connectivity index (χ0v) is 11.9. The number of amidine groups is 1. The molecular formula is C16H23N3O. The van der Waals surface area contributed by atoms with Crippen molar-refractivity contribution in [2.75, 3.05) is 26.2 Å². The lowest BCUT2D eigenvalue weighted by atomic mass is 10.1. The van der Waals surface area contributed by atoms with E-state index in [4.69, 9.17) is 0 Å². The molecule has 108 valence electrons. The lowest BCUT2D eigenvalue weighted by Crippen LogP contribution is -2.32. The van der Waals surface area contributed by atoms with Crippen molar-refractivity contribution in [3.63, 3.8) is 0 Å². The molecule has 0 aromatic heterocycles. The normalized spacial score (nSPS) is 23.4. The second-order valence-corrected chi connectivity index (χ2v) is 5.66. The summed E-state index contributed by atoms with van der Waals surface area (Å²) in [4.78, 5) is 6.94. The van der Waals surface area contributed by atoms with Gasteiger partial charge in [0.05, 0.1) is 6.61 Å². The summed E-state index contributed by atoms with van der Waals surface area (Å²) < 4.78 is 0. The summed E-state index contributed by atoms with van der Waals surface area (Å²) >= 11 is 0. The van der Waals surface area contributed by atoms with Crippen LogP contribution in [0, 0.1) is 0 Å². The van der Waals surface area contributed by atoms with Gasteiger partial charge in [-0.25, -0.2) is 0 Å². The average Bonchev–Trinajstić information content (AvgIpc) is 2.96. The first kappa shape index (κ1) is 13.6. The number of aliphatic hydroxyl groups excluding tert-OH is 1. The van der Waals surface area contributed by atoms with Gasteiger partial charge in [-0.15, -0.1) is 0 Å². The highest BCUT2D eigenvalue weighted by Crippen LogP contribution is 2.20. The number of aliphatic imine (C=N–C) groups is 1. The van der Waals surface area contributed by atoms with Crippen LogP contribution in [0.4, 0.5) is 0 Å². The highest BCUT2D eigenvalue weighted by molar-refractivity contribution is 5.99. The molecule has 2 aliphatic rings. The quantitative estimate of drug-likeness (QED) is 0.871. The van der Waals surface area contributed by atoms with E-state index in [1.807, 2.05) is 0 Å². The molecule has 2 aliphatic heterocycles. The maximum absolute atomic E-state index is 9.40. The predicted octanol–water partition coefficient (Wildman–Crippen LogP) is 1.38. The number of nitrogens with zero attached hydrogens (tertiary/aromatic N) is 2. The molecular weight excluding hydrogens is 250 g/mol. The molecule has 4 nitrogen and oxygen atoms in total. The van der Waals surface area contributed by atoms with Crippen LogP contribution in [-0.4, -0.2) is 48.1 Å². The lowest BCUT2D eigenvalue weighted by molar-refractivity contribution is 0.153. The summed E-state index contributed by atoms with van der Waals surface area (Å²) in [5, 5.41) is 12.8. The van der Waals surface area contributed by atoms with E-state index < -0.39 is 0 Å². The van der Waals surface area contributed by atoms with E-state index in [0.717, 1.165) is 44.9 Å². The molecule has 0 saturated carbocycles. The van der Waals surface area contributed by atoms with Gasteiger partial charge in [-0.2, -0.15) is 0 Å². The van der Waals surface area contributed by atoms with Gasteiger partial charge in [-0.3, -0.25) is 9.89 Å². The van der Waals surface area contributed by atoms with Crippen LogP contribution in [0.2, 0.25) is 0 Å². The third-order valence-electron chi connectivity index (χ3n) is 4.19. The van der Waals surface area contributed by atoms with Crippen LogP contribution in [0.3, 0.4) is 0 Å². The van der Waals surface area contributed by atoms with Crippen molar-refractivity contribution in [1.82, 2.24) is 10.2 Å². The summed E-state index contributed by atoms with van der Waals surface area (Å²) in [7, 11) is 0. The molecule has 1 aromatic rings. The molecule has 1 fully saturated rings. The molecule has 0 radical (unpaired) electrons. The van der Waals surface area contributed by atoms with Crippen LogP contribution in [0.1, 0.15) is 30.4 Å². The van der Waals surface area contributed by atoms with Crippen molar-refractivity contribution in [2.45, 2.75) is 31.8 Å². The van der Waals surface area contributed by atoms with Gasteiger partial charge >= 0.3 is 0 Å². The van der Waals surface area contributed by atoms with Crippen LogP contribution in [0.25, 0.3) is 0 Å². The fourth-order valence-electron chi connectivity index (χ4n) is 3.09. The topological polar surface area (TPSA) is 47.9 Å². The van der Waals surface area contributed by atoms with Crippen molar-refractivity contribution < 1.29 is 5.11 Å². The summed E-state index contributed by atoms with van der Waals surface area (Å²) in [6, 6.07) is 8.95. The number of hydrogen-bond donors (Lipinski definition) is 2. The number of hydrogen-bond acceptors (Lipinski definition) is 4. The van der Waals surface area contributed by atoms with Crippen LogP contribution in [0.5, 0.6) is 0 Å². The number of benzene rings is 1. The largest absolute Gasteiger partial charge is 0.395 e. The summed E-state index contributed by atoms with van der Waals surface area (Å²) in [5.41, 5.74) is 2.49. The molecule has 1 unspecified atom stereocenters. The molecule has 2 heterocycles. The van der Waals surface area contributed by atoms with E-state index >= 15 is 0 Å². The Morgan fingerprint density at radius 3 is 3.10 bits per heavy atom. The summed E-state index contributed by atoms with van der Waals surface area (Å²) in [5.74, 6) is 1.03. The van der Waals surface area contributed by atoms with Gasteiger partial charge in [0, 0.05) is 31.2 Å². The average molecular weight is 273 g/mol. The van der Waals surface area contributed by atoms with Crippen molar-refractivity contribution in [3.8, 4) is 0 Å². The second kappa shape index (κ2) is 6.37. The van der Waals surface area contributed by atoms with Gasteiger partial charge in [0.1, 0.15) is 5.84 Å². The van der Waals surface area contributed by atoms with E-state index in [-0.39, 0.29) is 6.61 Å². The minimum atomic E-state index is 0.272. The first-order valence-corrected chi connectivity index (χ1v) is 7.59. The first-order valence-electron chi connectivity index (χ1n) is 7.59. The van der Waals surface area contributed by atoms with Crippen LogP contribution < -0.4 is 5.32 Å². The molecule has 1 saturated heterocycles. The van der Waals surface area contributed by atoms with Gasteiger partial charge in [-0.1, -0.05) is 18.2 Å². The van der Waals surface area contributed by atoms with Gasteiger partial charge in [0.25, 0.3) is 0 Å². The smallest absolute Gasteiger partial charge is 0.128 e. The van der Waals surface area contributed by atoms with Gasteiger partial charge in [-0.05, 0) is 37.4 Å². The Morgan fingerprint density at radius 1 is 1.35 bits per heavy atom.